The smallest absolute Gasteiger partial charge is 0.379 e. The molecule has 6 nitrogen and oxygen atoms in total. The molecule has 0 aromatic carbocycles. The molecule has 0 fully saturated rings. The van der Waals surface area contributed by atoms with E-state index in [0.717, 1.165) is 19.4 Å². The fourth-order valence-corrected chi connectivity index (χ4v) is 1.97. The van der Waals surface area contributed by atoms with Gasteiger partial charge in [-0.3, -0.25) is 9.89 Å². The number of unbranched alkanes of at least 4 members (excludes halogenated alkanes) is 1. The maximum absolute atomic E-state index is 12.2. The summed E-state index contributed by atoms with van der Waals surface area (Å²) in [4.78, 5) is 5.31. The van der Waals surface area contributed by atoms with Crippen molar-refractivity contribution in [3.8, 4) is 0 Å². The van der Waals surface area contributed by atoms with Crippen LogP contribution in [-0.2, 0) is 9.47 Å². The third kappa shape index (κ3) is 20.0. The monoisotopic (exact) mass is 498 g/mol. The van der Waals surface area contributed by atoms with E-state index < -0.39 is 12.7 Å². The van der Waals surface area contributed by atoms with Gasteiger partial charge in [0.25, 0.3) is 0 Å². The highest BCUT2D eigenvalue weighted by Gasteiger charge is 2.28. The Balaban J connectivity index is 0. The maximum atomic E-state index is 12.2. The Kier molecular flexibility index (Phi) is 19.4. The SMILES string of the molecule is CCCCOCCOCCNC(=NC)NCCCN(C)CC(F)(F)F.I. The molecule has 0 spiro atoms. The van der Waals surface area contributed by atoms with Crippen molar-refractivity contribution in [3.05, 3.63) is 0 Å². The number of alkyl halides is 3. The largest absolute Gasteiger partial charge is 0.401 e. The van der Waals surface area contributed by atoms with Crippen LogP contribution in [0.4, 0.5) is 13.2 Å². The third-order valence-electron chi connectivity index (χ3n) is 3.23. The molecule has 158 valence electrons. The molecule has 0 bridgehead atoms. The van der Waals surface area contributed by atoms with E-state index in [-0.39, 0.29) is 24.0 Å². The Hall–Kier alpha value is -0.330. The zero-order valence-corrected chi connectivity index (χ0v) is 18.4. The molecule has 2 N–H and O–H groups in total. The van der Waals surface area contributed by atoms with Gasteiger partial charge in [-0.25, -0.2) is 0 Å². The Morgan fingerprint density at radius 2 is 1.62 bits per heavy atom. The first-order chi connectivity index (χ1) is 11.9. The van der Waals surface area contributed by atoms with Crippen LogP contribution in [0.3, 0.4) is 0 Å². The topological polar surface area (TPSA) is 58.1 Å². The number of hydrogen-bond donors (Lipinski definition) is 2. The number of halogens is 4. The number of hydrogen-bond acceptors (Lipinski definition) is 4. The first-order valence-electron chi connectivity index (χ1n) is 8.74. The van der Waals surface area contributed by atoms with Gasteiger partial charge in [0.1, 0.15) is 0 Å². The second-order valence-electron chi connectivity index (χ2n) is 5.71. The average Bonchev–Trinajstić information content (AvgIpc) is 2.53. The molecule has 0 heterocycles. The Labute approximate surface area is 172 Å². The predicted octanol–water partition coefficient (Wildman–Crippen LogP) is 2.49. The van der Waals surface area contributed by atoms with E-state index in [4.69, 9.17) is 9.47 Å². The van der Waals surface area contributed by atoms with Gasteiger partial charge in [-0.1, -0.05) is 13.3 Å². The first-order valence-corrected chi connectivity index (χ1v) is 8.74. The average molecular weight is 498 g/mol. The van der Waals surface area contributed by atoms with Crippen LogP contribution >= 0.6 is 24.0 Å². The molecule has 26 heavy (non-hydrogen) atoms. The highest BCUT2D eigenvalue weighted by atomic mass is 127. The fourth-order valence-electron chi connectivity index (χ4n) is 1.97. The van der Waals surface area contributed by atoms with Crippen LogP contribution in [-0.4, -0.2) is 83.7 Å². The molecule has 0 atom stereocenters. The van der Waals surface area contributed by atoms with E-state index >= 15 is 0 Å². The van der Waals surface area contributed by atoms with E-state index in [1.165, 1.54) is 11.9 Å². The van der Waals surface area contributed by atoms with Crippen molar-refractivity contribution in [2.45, 2.75) is 32.4 Å². The highest BCUT2D eigenvalue weighted by molar-refractivity contribution is 14.0. The summed E-state index contributed by atoms with van der Waals surface area (Å²) in [6, 6.07) is 0. The minimum Gasteiger partial charge on any atom is -0.379 e. The molecule has 0 saturated heterocycles. The van der Waals surface area contributed by atoms with Gasteiger partial charge in [-0.2, -0.15) is 13.2 Å². The zero-order valence-electron chi connectivity index (χ0n) is 16.0. The van der Waals surface area contributed by atoms with Crippen LogP contribution in [0.2, 0.25) is 0 Å². The van der Waals surface area contributed by atoms with Gasteiger partial charge in [0.2, 0.25) is 0 Å². The lowest BCUT2D eigenvalue weighted by Crippen LogP contribution is -2.40. The van der Waals surface area contributed by atoms with Crippen LogP contribution in [0.5, 0.6) is 0 Å². The molecule has 0 unspecified atom stereocenters. The number of guanidine groups is 1. The number of ether oxygens (including phenoxy) is 2. The molecule has 0 aliphatic rings. The molecule has 10 heteroatoms. The molecular formula is C16H34F3IN4O2. The minimum atomic E-state index is -4.15. The number of rotatable bonds is 14. The molecule has 0 radical (unpaired) electrons. The standard InChI is InChI=1S/C16H33F3N4O2.HI/c1-4-5-10-24-12-13-25-11-8-22-15(20-2)21-7-6-9-23(3)14-16(17,18)19;/h4-14H2,1-3H3,(H2,20,21,22);1H. The van der Waals surface area contributed by atoms with Gasteiger partial charge in [0, 0.05) is 26.7 Å². The van der Waals surface area contributed by atoms with E-state index in [1.54, 1.807) is 7.05 Å². The molecule has 0 amide bonds. The van der Waals surface area contributed by atoms with E-state index in [9.17, 15) is 13.2 Å². The van der Waals surface area contributed by atoms with Crippen molar-refractivity contribution in [3.63, 3.8) is 0 Å². The van der Waals surface area contributed by atoms with Crippen molar-refractivity contribution in [2.24, 2.45) is 4.99 Å². The van der Waals surface area contributed by atoms with Crippen LogP contribution in [0.15, 0.2) is 4.99 Å². The first kappa shape index (κ1) is 27.9. The third-order valence-corrected chi connectivity index (χ3v) is 3.23. The van der Waals surface area contributed by atoms with E-state index in [0.29, 0.717) is 51.8 Å². The van der Waals surface area contributed by atoms with Crippen LogP contribution in [0.25, 0.3) is 0 Å². The summed E-state index contributed by atoms with van der Waals surface area (Å²) in [5.41, 5.74) is 0. The molecule has 0 aromatic rings. The van der Waals surface area contributed by atoms with Crippen LogP contribution in [0, 0.1) is 0 Å². The molecule has 0 saturated carbocycles. The van der Waals surface area contributed by atoms with E-state index in [1.807, 2.05) is 0 Å². The van der Waals surface area contributed by atoms with Crippen molar-refractivity contribution in [1.82, 2.24) is 15.5 Å². The van der Waals surface area contributed by atoms with E-state index in [2.05, 4.69) is 22.5 Å². The van der Waals surface area contributed by atoms with Crippen LogP contribution < -0.4 is 10.6 Å². The fraction of sp³-hybridized carbons (Fsp3) is 0.938. The van der Waals surface area contributed by atoms with Gasteiger partial charge in [0.05, 0.1) is 26.4 Å². The Bertz CT molecular complexity index is 348. The zero-order chi connectivity index (χ0) is 19.0. The Morgan fingerprint density at radius 1 is 1.00 bits per heavy atom. The van der Waals surface area contributed by atoms with Gasteiger partial charge in [0.15, 0.2) is 5.96 Å². The number of nitrogens with zero attached hydrogens (tertiary/aromatic N) is 2. The quantitative estimate of drug-likeness (QED) is 0.167. The summed E-state index contributed by atoms with van der Waals surface area (Å²) in [6.07, 6.45) is -1.37. The molecule has 0 rings (SSSR count). The summed E-state index contributed by atoms with van der Waals surface area (Å²) >= 11 is 0. The minimum absolute atomic E-state index is 0. The lowest BCUT2D eigenvalue weighted by molar-refractivity contribution is -0.143. The highest BCUT2D eigenvalue weighted by Crippen LogP contribution is 2.15. The molecule has 0 aliphatic carbocycles. The van der Waals surface area contributed by atoms with Gasteiger partial charge in [-0.15, -0.1) is 24.0 Å². The normalized spacial score (nSPS) is 12.2. The van der Waals surface area contributed by atoms with Crippen molar-refractivity contribution < 1.29 is 22.6 Å². The maximum Gasteiger partial charge on any atom is 0.401 e. The summed E-state index contributed by atoms with van der Waals surface area (Å²) in [5, 5.41) is 6.15. The van der Waals surface area contributed by atoms with Gasteiger partial charge < -0.3 is 20.1 Å². The second kappa shape index (κ2) is 18.1. The molecular weight excluding hydrogens is 464 g/mol. The second-order valence-corrected chi connectivity index (χ2v) is 5.71. The number of aliphatic imine (C=N–C) groups is 1. The summed E-state index contributed by atoms with van der Waals surface area (Å²) in [5.74, 6) is 0.612. The van der Waals surface area contributed by atoms with Crippen LogP contribution in [0.1, 0.15) is 26.2 Å². The lowest BCUT2D eigenvalue weighted by Gasteiger charge is -2.19. The van der Waals surface area contributed by atoms with Crippen molar-refractivity contribution in [2.75, 3.05) is 66.7 Å². The lowest BCUT2D eigenvalue weighted by atomic mass is 10.4. The summed E-state index contributed by atoms with van der Waals surface area (Å²) in [7, 11) is 3.11. The van der Waals surface area contributed by atoms with Gasteiger partial charge in [-0.05, 0) is 26.4 Å². The molecule has 0 aromatic heterocycles. The summed E-state index contributed by atoms with van der Waals surface area (Å²) < 4.78 is 47.4. The van der Waals surface area contributed by atoms with Crippen molar-refractivity contribution in [1.29, 1.82) is 0 Å². The molecule has 0 aliphatic heterocycles. The number of nitrogens with one attached hydrogen (secondary N) is 2. The Morgan fingerprint density at radius 3 is 2.19 bits per heavy atom. The van der Waals surface area contributed by atoms with Crippen molar-refractivity contribution >= 4 is 29.9 Å². The predicted molar refractivity (Wildman–Crippen MR) is 109 cm³/mol. The van der Waals surface area contributed by atoms with Gasteiger partial charge >= 0.3 is 6.18 Å². The summed E-state index contributed by atoms with van der Waals surface area (Å²) in [6.45, 7) is 5.20.